The molecule has 0 aliphatic rings. The number of carbonyl (C=O) groups excluding carboxylic acids is 2. The predicted octanol–water partition coefficient (Wildman–Crippen LogP) is 4.86. The molecule has 0 saturated heterocycles. The minimum absolute atomic E-state index is 0.136. The number of hydrogen-bond donors (Lipinski definition) is 2. The standard InChI is InChI=1S/C22H18ClFN4O2S/c1-12-15-10-19(21(30)26-14-7-8-18(24)16(9-14)20(29)25-2)31-22(15)28(27-12)11-13-5-3-4-6-17(13)23/h3-10H,11H2,1-2H3,(H,25,29)(H,26,30). The number of fused-ring (bicyclic) bond motifs is 1. The van der Waals surface area contributed by atoms with E-state index in [0.29, 0.717) is 22.1 Å². The van der Waals surface area contributed by atoms with Crippen LogP contribution in [0.4, 0.5) is 10.1 Å². The van der Waals surface area contributed by atoms with Gasteiger partial charge in [-0.05, 0) is 42.8 Å². The van der Waals surface area contributed by atoms with Gasteiger partial charge in [-0.2, -0.15) is 5.10 Å². The number of amides is 2. The topological polar surface area (TPSA) is 76.0 Å². The summed E-state index contributed by atoms with van der Waals surface area (Å²) < 4.78 is 15.7. The molecular weight excluding hydrogens is 439 g/mol. The molecule has 2 amide bonds. The minimum Gasteiger partial charge on any atom is -0.355 e. The number of hydrogen-bond acceptors (Lipinski definition) is 4. The molecular formula is C22H18ClFN4O2S. The molecule has 31 heavy (non-hydrogen) atoms. The molecule has 4 aromatic rings. The maximum atomic E-state index is 13.9. The van der Waals surface area contributed by atoms with Gasteiger partial charge in [-0.15, -0.1) is 11.3 Å². The molecule has 4 rings (SSSR count). The molecule has 0 saturated carbocycles. The molecule has 0 fully saturated rings. The molecule has 158 valence electrons. The Kier molecular flexibility index (Phi) is 5.75. The quantitative estimate of drug-likeness (QED) is 0.450. The molecule has 2 aromatic carbocycles. The highest BCUT2D eigenvalue weighted by Gasteiger charge is 2.18. The fourth-order valence-electron chi connectivity index (χ4n) is 3.22. The van der Waals surface area contributed by atoms with Gasteiger partial charge in [-0.1, -0.05) is 29.8 Å². The zero-order chi connectivity index (χ0) is 22.1. The number of carbonyl (C=O) groups is 2. The van der Waals surface area contributed by atoms with E-state index in [0.717, 1.165) is 27.5 Å². The van der Waals surface area contributed by atoms with Crippen molar-refractivity contribution in [2.45, 2.75) is 13.5 Å². The van der Waals surface area contributed by atoms with Crippen LogP contribution >= 0.6 is 22.9 Å². The molecule has 0 aliphatic carbocycles. The van der Waals surface area contributed by atoms with E-state index < -0.39 is 11.7 Å². The van der Waals surface area contributed by atoms with E-state index in [9.17, 15) is 14.0 Å². The summed E-state index contributed by atoms with van der Waals surface area (Å²) in [4.78, 5) is 25.9. The van der Waals surface area contributed by atoms with Gasteiger partial charge in [0.25, 0.3) is 11.8 Å². The van der Waals surface area contributed by atoms with Crippen molar-refractivity contribution in [2.75, 3.05) is 12.4 Å². The summed E-state index contributed by atoms with van der Waals surface area (Å²) in [6.45, 7) is 2.37. The maximum absolute atomic E-state index is 13.9. The third kappa shape index (κ3) is 4.17. The number of thiophene rings is 1. The van der Waals surface area contributed by atoms with Crippen LogP contribution < -0.4 is 10.6 Å². The Bertz CT molecular complexity index is 1310. The van der Waals surface area contributed by atoms with Crippen LogP contribution in [0, 0.1) is 12.7 Å². The minimum atomic E-state index is -0.658. The first-order valence-corrected chi connectivity index (χ1v) is 10.6. The molecule has 0 aliphatic heterocycles. The molecule has 2 N–H and O–H groups in total. The van der Waals surface area contributed by atoms with E-state index in [1.807, 2.05) is 35.9 Å². The first-order valence-electron chi connectivity index (χ1n) is 9.40. The van der Waals surface area contributed by atoms with Gasteiger partial charge in [0, 0.05) is 23.1 Å². The summed E-state index contributed by atoms with van der Waals surface area (Å²) in [6.07, 6.45) is 0. The molecule has 0 radical (unpaired) electrons. The van der Waals surface area contributed by atoms with Gasteiger partial charge in [0.05, 0.1) is 22.7 Å². The first kappa shape index (κ1) is 21.0. The average Bonchev–Trinajstić information content (AvgIpc) is 3.32. The fraction of sp³-hybridized carbons (Fsp3) is 0.136. The van der Waals surface area contributed by atoms with Crippen molar-refractivity contribution in [1.29, 1.82) is 0 Å². The highest BCUT2D eigenvalue weighted by molar-refractivity contribution is 7.20. The van der Waals surface area contributed by atoms with E-state index in [1.54, 1.807) is 6.07 Å². The third-order valence-electron chi connectivity index (χ3n) is 4.81. The molecule has 0 unspecified atom stereocenters. The average molecular weight is 457 g/mol. The van der Waals surface area contributed by atoms with Crippen molar-refractivity contribution in [2.24, 2.45) is 0 Å². The normalized spacial score (nSPS) is 11.0. The second-order valence-electron chi connectivity index (χ2n) is 6.89. The second-order valence-corrected chi connectivity index (χ2v) is 8.33. The van der Waals surface area contributed by atoms with Crippen LogP contribution in [-0.4, -0.2) is 28.6 Å². The highest BCUT2D eigenvalue weighted by Crippen LogP contribution is 2.30. The number of nitrogens with zero attached hydrogens (tertiary/aromatic N) is 2. The van der Waals surface area contributed by atoms with Crippen LogP contribution in [0.25, 0.3) is 10.2 Å². The van der Waals surface area contributed by atoms with Gasteiger partial charge in [0.15, 0.2) is 0 Å². The summed E-state index contributed by atoms with van der Waals surface area (Å²) in [6, 6.07) is 13.2. The van der Waals surface area contributed by atoms with Crippen molar-refractivity contribution in [3.8, 4) is 0 Å². The number of aryl methyl sites for hydroxylation is 1. The van der Waals surface area contributed by atoms with Crippen molar-refractivity contribution in [3.63, 3.8) is 0 Å². The Balaban J connectivity index is 1.61. The van der Waals surface area contributed by atoms with Crippen LogP contribution in [0.1, 0.15) is 31.3 Å². The van der Waals surface area contributed by atoms with Crippen LogP contribution in [0.2, 0.25) is 5.02 Å². The SMILES string of the molecule is CNC(=O)c1cc(NC(=O)c2cc3c(C)nn(Cc4ccccc4Cl)c3s2)ccc1F. The smallest absolute Gasteiger partial charge is 0.265 e. The lowest BCUT2D eigenvalue weighted by Crippen LogP contribution is -2.20. The Morgan fingerprint density at radius 3 is 2.68 bits per heavy atom. The first-order chi connectivity index (χ1) is 14.9. The lowest BCUT2D eigenvalue weighted by atomic mass is 10.1. The maximum Gasteiger partial charge on any atom is 0.265 e. The molecule has 6 nitrogen and oxygen atoms in total. The molecule has 0 spiro atoms. The summed E-state index contributed by atoms with van der Waals surface area (Å²) in [7, 11) is 1.42. The van der Waals surface area contributed by atoms with E-state index in [-0.39, 0.29) is 11.5 Å². The molecule has 2 aromatic heterocycles. The van der Waals surface area contributed by atoms with Gasteiger partial charge >= 0.3 is 0 Å². The number of aromatic nitrogens is 2. The van der Waals surface area contributed by atoms with Crippen molar-refractivity contribution in [3.05, 3.63) is 81.1 Å². The Morgan fingerprint density at radius 1 is 1.16 bits per heavy atom. The van der Waals surface area contributed by atoms with Crippen molar-refractivity contribution < 1.29 is 14.0 Å². The highest BCUT2D eigenvalue weighted by atomic mass is 35.5. The largest absolute Gasteiger partial charge is 0.355 e. The number of benzene rings is 2. The van der Waals surface area contributed by atoms with E-state index in [1.165, 1.54) is 30.5 Å². The fourth-order valence-corrected chi connectivity index (χ4v) is 4.48. The van der Waals surface area contributed by atoms with Crippen LogP contribution in [0.5, 0.6) is 0 Å². The lowest BCUT2D eigenvalue weighted by Gasteiger charge is -2.07. The van der Waals surface area contributed by atoms with Crippen LogP contribution in [0.3, 0.4) is 0 Å². The summed E-state index contributed by atoms with van der Waals surface area (Å²) in [5.74, 6) is -1.57. The Labute approximate surface area is 186 Å². The van der Waals surface area contributed by atoms with Crippen molar-refractivity contribution in [1.82, 2.24) is 15.1 Å². The predicted molar refractivity (Wildman–Crippen MR) is 121 cm³/mol. The second kappa shape index (κ2) is 8.49. The van der Waals surface area contributed by atoms with Gasteiger partial charge in [-0.25, -0.2) is 4.39 Å². The summed E-state index contributed by atoms with van der Waals surface area (Å²) in [5, 5.41) is 11.2. The Morgan fingerprint density at radius 2 is 1.94 bits per heavy atom. The van der Waals surface area contributed by atoms with Crippen LogP contribution in [-0.2, 0) is 6.54 Å². The number of anilines is 1. The number of rotatable bonds is 5. The van der Waals surface area contributed by atoms with E-state index in [4.69, 9.17) is 11.6 Å². The number of nitrogens with one attached hydrogen (secondary N) is 2. The van der Waals surface area contributed by atoms with Gasteiger partial charge in [0.2, 0.25) is 0 Å². The third-order valence-corrected chi connectivity index (χ3v) is 6.32. The zero-order valence-corrected chi connectivity index (χ0v) is 18.3. The van der Waals surface area contributed by atoms with Gasteiger partial charge < -0.3 is 10.6 Å². The van der Waals surface area contributed by atoms with E-state index in [2.05, 4.69) is 15.7 Å². The number of halogens is 2. The lowest BCUT2D eigenvalue weighted by molar-refractivity contribution is 0.0957. The Hall–Kier alpha value is -3.23. The molecule has 0 bridgehead atoms. The molecule has 2 heterocycles. The van der Waals surface area contributed by atoms with Crippen LogP contribution in [0.15, 0.2) is 48.5 Å². The van der Waals surface area contributed by atoms with Gasteiger partial charge in [0.1, 0.15) is 10.6 Å². The molecule has 9 heteroatoms. The zero-order valence-electron chi connectivity index (χ0n) is 16.7. The monoisotopic (exact) mass is 456 g/mol. The molecule has 0 atom stereocenters. The summed E-state index contributed by atoms with van der Waals surface area (Å²) in [5.41, 5.74) is 1.93. The summed E-state index contributed by atoms with van der Waals surface area (Å²) >= 11 is 7.58. The van der Waals surface area contributed by atoms with Crippen molar-refractivity contribution >= 4 is 50.7 Å². The van der Waals surface area contributed by atoms with E-state index >= 15 is 0 Å². The van der Waals surface area contributed by atoms with Gasteiger partial charge in [-0.3, -0.25) is 14.3 Å².